The van der Waals surface area contributed by atoms with Gasteiger partial charge in [0.05, 0.1) is 5.56 Å². The molecule has 0 bridgehead atoms. The number of hydrogen-bond donors (Lipinski definition) is 3. The lowest BCUT2D eigenvalue weighted by molar-refractivity contribution is -0.137. The van der Waals surface area contributed by atoms with E-state index < -0.39 is 29.7 Å². The zero-order valence-corrected chi connectivity index (χ0v) is 21.5. The van der Waals surface area contributed by atoms with Gasteiger partial charge >= 0.3 is 12.2 Å². The van der Waals surface area contributed by atoms with E-state index in [-0.39, 0.29) is 11.6 Å². The predicted octanol–water partition coefficient (Wildman–Crippen LogP) is 6.23. The van der Waals surface area contributed by atoms with Gasteiger partial charge in [-0.15, -0.1) is 0 Å². The number of imide groups is 1. The topological polar surface area (TPSA) is 97.1 Å². The number of primary amides is 1. The highest BCUT2D eigenvalue weighted by atomic mass is 32.2. The van der Waals surface area contributed by atoms with Crippen molar-refractivity contribution in [3.8, 4) is 0 Å². The summed E-state index contributed by atoms with van der Waals surface area (Å²) < 4.78 is 38.2. The monoisotopic (exact) mass is 512 g/mol. The van der Waals surface area contributed by atoms with Crippen molar-refractivity contribution < 1.29 is 22.8 Å². The van der Waals surface area contributed by atoms with Crippen LogP contribution in [-0.2, 0) is 11.0 Å². The number of nitrogens with zero attached hydrogens (tertiary/aromatic N) is 1. The minimum atomic E-state index is -4.51. The molecule has 0 radical (unpaired) electrons. The molecule has 1 aromatic rings. The van der Waals surface area contributed by atoms with E-state index in [1.165, 1.54) is 28.5 Å². The largest absolute Gasteiger partial charge is 0.417 e. The summed E-state index contributed by atoms with van der Waals surface area (Å²) in [4.78, 5) is 27.1. The number of thioether (sulfide) groups is 1. The summed E-state index contributed by atoms with van der Waals surface area (Å²) in [6.07, 6.45) is 6.75. The molecule has 0 fully saturated rings. The number of alkyl halides is 3. The molecule has 0 saturated heterocycles. The third-order valence-electron chi connectivity index (χ3n) is 4.93. The fourth-order valence-corrected chi connectivity index (χ4v) is 3.95. The van der Waals surface area contributed by atoms with Gasteiger partial charge in [0, 0.05) is 17.7 Å². The smallest absolute Gasteiger partial charge is 0.358 e. The number of aromatic nitrogens is 1. The molecule has 1 aromatic heterocycles. The fourth-order valence-electron chi connectivity index (χ4n) is 2.94. The van der Waals surface area contributed by atoms with Crippen LogP contribution in [-0.4, -0.2) is 34.5 Å². The summed E-state index contributed by atoms with van der Waals surface area (Å²) in [6, 6.07) is 0.0936. The van der Waals surface area contributed by atoms with Crippen LogP contribution in [0.1, 0.15) is 58.9 Å². The van der Waals surface area contributed by atoms with Crippen molar-refractivity contribution in [2.75, 3.05) is 16.8 Å². The van der Waals surface area contributed by atoms with Crippen molar-refractivity contribution in [1.29, 1.82) is 0 Å². The van der Waals surface area contributed by atoms with Crippen LogP contribution in [0, 0.1) is 0 Å². The van der Waals surface area contributed by atoms with Gasteiger partial charge in [-0.05, 0) is 65.5 Å². The molecule has 4 N–H and O–H groups in total. The lowest BCUT2D eigenvalue weighted by Crippen LogP contribution is -2.46. The average Bonchev–Trinajstić information content (AvgIpc) is 2.74. The lowest BCUT2D eigenvalue weighted by Gasteiger charge is -2.18. The van der Waals surface area contributed by atoms with Crippen molar-refractivity contribution in [2.24, 2.45) is 5.73 Å². The number of allylic oxidation sites excluding steroid dienone is 5. The third kappa shape index (κ3) is 13.7. The standard InChI is InChI=1S/C25H35F3N4O2S/c1-17(2)7-5-8-18(3)9-6-10-19(4)13-14-35-16-21(23(33)32-24(29)34)31-22-12-11-20(15-30-22)25(26,27)28/h7,9,11-13,15,21H,5-6,8,10,14,16H2,1-4H3,(H,30,31)(H3,29,32,33,34). The number of carbonyl (C=O) groups excluding carboxylic acids is 2. The second-order valence-electron chi connectivity index (χ2n) is 8.48. The first-order valence-electron chi connectivity index (χ1n) is 11.3. The van der Waals surface area contributed by atoms with E-state index in [1.807, 2.05) is 5.32 Å². The van der Waals surface area contributed by atoms with Crippen LogP contribution in [0.2, 0.25) is 0 Å². The maximum atomic E-state index is 12.7. The van der Waals surface area contributed by atoms with E-state index >= 15 is 0 Å². The number of hydrogen-bond acceptors (Lipinski definition) is 5. The molecule has 10 heteroatoms. The van der Waals surface area contributed by atoms with Crippen molar-refractivity contribution in [3.05, 3.63) is 58.8 Å². The summed E-state index contributed by atoms with van der Waals surface area (Å²) in [5.41, 5.74) is 8.06. The molecule has 6 nitrogen and oxygen atoms in total. The SMILES string of the molecule is CC(C)=CCCC(C)=CCCC(C)=CCSCC(Nc1ccc(C(F)(F)F)cn1)C(=O)NC(N)=O. The molecule has 0 aromatic carbocycles. The van der Waals surface area contributed by atoms with Crippen LogP contribution >= 0.6 is 11.8 Å². The summed E-state index contributed by atoms with van der Waals surface area (Å²) >= 11 is 1.44. The molecule has 1 atom stereocenters. The Hall–Kier alpha value is -2.75. The van der Waals surface area contributed by atoms with E-state index in [1.54, 1.807) is 0 Å². The minimum absolute atomic E-state index is 0.0849. The number of urea groups is 1. The number of halogens is 3. The Morgan fingerprint density at radius 1 is 1.06 bits per heavy atom. The maximum Gasteiger partial charge on any atom is 0.417 e. The fraction of sp³-hybridized carbons (Fsp3) is 0.480. The highest BCUT2D eigenvalue weighted by molar-refractivity contribution is 7.99. The zero-order chi connectivity index (χ0) is 26.4. The zero-order valence-electron chi connectivity index (χ0n) is 20.7. The van der Waals surface area contributed by atoms with E-state index in [9.17, 15) is 22.8 Å². The first kappa shape index (κ1) is 30.3. The first-order chi connectivity index (χ1) is 16.4. The van der Waals surface area contributed by atoms with Gasteiger partial charge in [0.2, 0.25) is 0 Å². The molecule has 0 saturated carbocycles. The lowest BCUT2D eigenvalue weighted by atomic mass is 10.1. The Labute approximate surface area is 209 Å². The van der Waals surface area contributed by atoms with Crippen molar-refractivity contribution in [1.82, 2.24) is 10.3 Å². The van der Waals surface area contributed by atoms with Gasteiger partial charge in [-0.2, -0.15) is 24.9 Å². The Kier molecular flexibility index (Phi) is 13.2. The first-order valence-corrected chi connectivity index (χ1v) is 12.5. The van der Waals surface area contributed by atoms with Crippen molar-refractivity contribution in [3.63, 3.8) is 0 Å². The highest BCUT2D eigenvalue weighted by Crippen LogP contribution is 2.29. The predicted molar refractivity (Wildman–Crippen MR) is 137 cm³/mol. The molecule has 1 unspecified atom stereocenters. The second kappa shape index (κ2) is 15.3. The number of amides is 3. The van der Waals surface area contributed by atoms with Gasteiger partial charge < -0.3 is 11.1 Å². The van der Waals surface area contributed by atoms with Gasteiger partial charge in [-0.25, -0.2) is 9.78 Å². The van der Waals surface area contributed by atoms with Gasteiger partial charge in [0.15, 0.2) is 0 Å². The number of rotatable bonds is 13. The molecule has 3 amide bonds. The molecular weight excluding hydrogens is 477 g/mol. The van der Waals surface area contributed by atoms with E-state index in [2.05, 4.69) is 56.2 Å². The van der Waals surface area contributed by atoms with Crippen LogP contribution in [0.15, 0.2) is 53.3 Å². The van der Waals surface area contributed by atoms with Crippen LogP contribution in [0.5, 0.6) is 0 Å². The molecule has 194 valence electrons. The van der Waals surface area contributed by atoms with Crippen LogP contribution in [0.3, 0.4) is 0 Å². The van der Waals surface area contributed by atoms with Gasteiger partial charge in [0.25, 0.3) is 5.91 Å². The summed E-state index contributed by atoms with van der Waals surface area (Å²) in [6.45, 7) is 8.39. The second-order valence-corrected chi connectivity index (χ2v) is 9.55. The summed E-state index contributed by atoms with van der Waals surface area (Å²) in [7, 11) is 0. The number of nitrogens with two attached hydrogens (primary N) is 1. The van der Waals surface area contributed by atoms with Crippen LogP contribution < -0.4 is 16.4 Å². The summed E-state index contributed by atoms with van der Waals surface area (Å²) in [5, 5.41) is 4.77. The number of pyridine rings is 1. The normalized spacial score (nSPS) is 13.2. The Balaban J connectivity index is 2.59. The molecule has 0 aliphatic rings. The molecule has 1 rings (SSSR count). The van der Waals surface area contributed by atoms with Gasteiger partial charge in [0.1, 0.15) is 11.9 Å². The molecule has 1 heterocycles. The van der Waals surface area contributed by atoms with Crippen LogP contribution in [0.4, 0.5) is 23.8 Å². The van der Waals surface area contributed by atoms with Crippen LogP contribution in [0.25, 0.3) is 0 Å². The van der Waals surface area contributed by atoms with Gasteiger partial charge in [-0.1, -0.05) is 34.9 Å². The maximum absolute atomic E-state index is 12.7. The Morgan fingerprint density at radius 3 is 2.23 bits per heavy atom. The van der Waals surface area contributed by atoms with E-state index in [4.69, 9.17) is 5.73 Å². The van der Waals surface area contributed by atoms with Crippen molar-refractivity contribution in [2.45, 2.75) is 65.6 Å². The molecule has 35 heavy (non-hydrogen) atoms. The molecule has 0 aliphatic heterocycles. The minimum Gasteiger partial charge on any atom is -0.358 e. The van der Waals surface area contributed by atoms with Crippen molar-refractivity contribution >= 4 is 29.5 Å². The third-order valence-corrected chi connectivity index (χ3v) is 5.90. The quantitative estimate of drug-likeness (QED) is 0.215. The average molecular weight is 513 g/mol. The van der Waals surface area contributed by atoms with E-state index in [0.29, 0.717) is 11.9 Å². The molecule has 0 spiro atoms. The van der Waals surface area contributed by atoms with Gasteiger partial charge in [-0.3, -0.25) is 10.1 Å². The molecule has 0 aliphatic carbocycles. The van der Waals surface area contributed by atoms with E-state index in [0.717, 1.165) is 37.8 Å². The number of nitrogens with one attached hydrogen (secondary N) is 2. The highest BCUT2D eigenvalue weighted by Gasteiger charge is 2.31. The summed E-state index contributed by atoms with van der Waals surface area (Å²) in [5.74, 6) is 0.301. The number of anilines is 1. The molecular formula is C25H35F3N4O2S. The Bertz CT molecular complexity index is 922. The number of carbonyl (C=O) groups is 2. The Morgan fingerprint density at radius 2 is 1.69 bits per heavy atom.